The highest BCUT2D eigenvalue weighted by Crippen LogP contribution is 2.36. The number of rotatable bonds is 7. The molecule has 6 rings (SSSR count). The first-order valence-electron chi connectivity index (χ1n) is 14.8. The zero-order valence-corrected chi connectivity index (χ0v) is 25.7. The second-order valence-electron chi connectivity index (χ2n) is 12.3. The minimum atomic E-state index is -0.338. The second-order valence-corrected chi connectivity index (χ2v) is 12.3. The number of nitrogens with one attached hydrogen (secondary N) is 1. The molecule has 1 N–H and O–H groups in total. The lowest BCUT2D eigenvalue weighted by atomic mass is 9.94. The highest BCUT2D eigenvalue weighted by Gasteiger charge is 2.27. The number of fused-ring (bicyclic) bond motifs is 1. The number of hydrogen-bond acceptors (Lipinski definition) is 4. The van der Waals surface area contributed by atoms with E-state index in [1.165, 1.54) is 0 Å². The van der Waals surface area contributed by atoms with Gasteiger partial charge in [0.25, 0.3) is 0 Å². The molecule has 0 fully saturated rings. The average molecular weight is 578 g/mol. The van der Waals surface area contributed by atoms with Gasteiger partial charge in [-0.25, -0.2) is 4.98 Å². The van der Waals surface area contributed by atoms with Crippen molar-refractivity contribution in [1.82, 2.24) is 9.55 Å². The van der Waals surface area contributed by atoms with Crippen molar-refractivity contribution >= 4 is 34.0 Å². The van der Waals surface area contributed by atoms with Gasteiger partial charge in [0, 0.05) is 33.4 Å². The molecule has 218 valence electrons. The lowest BCUT2D eigenvalue weighted by molar-refractivity contribution is 0.103. The molecule has 44 heavy (non-hydrogen) atoms. The van der Waals surface area contributed by atoms with Gasteiger partial charge in [0.2, 0.25) is 0 Å². The molecule has 1 heterocycles. The molecule has 5 aromatic carbocycles. The highest BCUT2D eigenvalue weighted by molar-refractivity contribution is 6.13. The number of ketones is 2. The average Bonchev–Trinajstić information content (AvgIpc) is 3.43. The topological polar surface area (TPSA) is 64.0 Å². The number of imidazole rings is 1. The number of nitrogens with zero attached hydrogens (tertiary/aromatic N) is 2. The summed E-state index contributed by atoms with van der Waals surface area (Å²) in [6.07, 6.45) is 0. The first kappa shape index (κ1) is 28.8. The summed E-state index contributed by atoms with van der Waals surface area (Å²) < 4.78 is 2.10. The summed E-state index contributed by atoms with van der Waals surface area (Å²) in [6.45, 7) is 10.4. The molecule has 0 saturated carbocycles. The van der Waals surface area contributed by atoms with Gasteiger partial charge in [-0.2, -0.15) is 0 Å². The molecule has 0 radical (unpaired) electrons. The van der Waals surface area contributed by atoms with Crippen LogP contribution in [-0.4, -0.2) is 21.1 Å². The van der Waals surface area contributed by atoms with Crippen LogP contribution in [0.25, 0.3) is 16.7 Å². The maximum absolute atomic E-state index is 13.8. The predicted octanol–water partition coefficient (Wildman–Crippen LogP) is 9.15. The van der Waals surface area contributed by atoms with Crippen LogP contribution >= 0.6 is 0 Å². The van der Waals surface area contributed by atoms with Gasteiger partial charge in [-0.1, -0.05) is 111 Å². The summed E-state index contributed by atoms with van der Waals surface area (Å²) in [5.41, 5.74) is 8.21. The summed E-state index contributed by atoms with van der Waals surface area (Å²) in [5, 5.41) is 3.53. The van der Waals surface area contributed by atoms with Gasteiger partial charge in [-0.15, -0.1) is 0 Å². The van der Waals surface area contributed by atoms with Crippen LogP contribution < -0.4 is 5.32 Å². The van der Waals surface area contributed by atoms with Crippen molar-refractivity contribution in [1.29, 1.82) is 0 Å². The molecule has 0 atom stereocenters. The van der Waals surface area contributed by atoms with Crippen LogP contribution in [0.3, 0.4) is 0 Å². The van der Waals surface area contributed by atoms with Crippen LogP contribution in [-0.2, 0) is 5.41 Å². The van der Waals surface area contributed by atoms with Crippen molar-refractivity contribution in [2.45, 2.75) is 40.0 Å². The molecular weight excluding hydrogens is 542 g/mol. The third-order valence-electron chi connectivity index (χ3n) is 7.81. The third kappa shape index (κ3) is 5.45. The summed E-state index contributed by atoms with van der Waals surface area (Å²) in [7, 11) is 0. The van der Waals surface area contributed by atoms with Gasteiger partial charge in [-0.3, -0.25) is 14.2 Å². The normalized spacial score (nSPS) is 11.5. The van der Waals surface area contributed by atoms with Gasteiger partial charge >= 0.3 is 0 Å². The van der Waals surface area contributed by atoms with Crippen molar-refractivity contribution in [3.63, 3.8) is 0 Å². The van der Waals surface area contributed by atoms with E-state index in [0.29, 0.717) is 27.9 Å². The van der Waals surface area contributed by atoms with E-state index < -0.39 is 0 Å². The number of para-hydroxylation sites is 3. The van der Waals surface area contributed by atoms with Gasteiger partial charge < -0.3 is 5.32 Å². The van der Waals surface area contributed by atoms with Crippen LogP contribution in [0.2, 0.25) is 0 Å². The standard InChI is InChI=1S/C39H35N3O2/c1-25-17-21-27(22-18-25)36(43)29-11-6-8-13-31(29)40-32-14-10-16-34-35(32)41-38(39(3,4)5)42(34)33-15-9-7-12-30(33)37(44)28-23-19-26(2)20-24-28/h6-24,40H,1-5H3. The molecule has 6 aromatic rings. The smallest absolute Gasteiger partial charge is 0.195 e. The molecule has 5 nitrogen and oxygen atoms in total. The molecule has 0 amide bonds. The van der Waals surface area contributed by atoms with Crippen molar-refractivity contribution in [3.8, 4) is 5.69 Å². The van der Waals surface area contributed by atoms with E-state index >= 15 is 0 Å². The highest BCUT2D eigenvalue weighted by atomic mass is 16.1. The van der Waals surface area contributed by atoms with E-state index in [1.54, 1.807) is 0 Å². The molecule has 0 saturated heterocycles. The van der Waals surface area contributed by atoms with Gasteiger partial charge in [0.15, 0.2) is 11.6 Å². The fourth-order valence-corrected chi connectivity index (χ4v) is 5.46. The van der Waals surface area contributed by atoms with Crippen molar-refractivity contribution in [2.75, 3.05) is 5.32 Å². The Balaban J connectivity index is 1.48. The molecule has 0 spiro atoms. The van der Waals surface area contributed by atoms with E-state index in [2.05, 4.69) is 30.7 Å². The molecule has 0 aliphatic carbocycles. The number of aromatic nitrogens is 2. The van der Waals surface area contributed by atoms with Crippen molar-refractivity contribution in [2.24, 2.45) is 0 Å². The van der Waals surface area contributed by atoms with E-state index in [9.17, 15) is 9.59 Å². The van der Waals surface area contributed by atoms with Crippen LogP contribution in [0.1, 0.15) is 69.6 Å². The van der Waals surface area contributed by atoms with Crippen LogP contribution in [0.5, 0.6) is 0 Å². The fraction of sp³-hybridized carbons (Fsp3) is 0.154. The molecule has 0 aliphatic heterocycles. The summed E-state index contributed by atoms with van der Waals surface area (Å²) in [6, 6.07) is 36.5. The number of anilines is 2. The monoisotopic (exact) mass is 577 g/mol. The van der Waals surface area contributed by atoms with E-state index in [1.807, 2.05) is 129 Å². The van der Waals surface area contributed by atoms with Gasteiger partial charge in [0.05, 0.1) is 16.9 Å². The van der Waals surface area contributed by atoms with Crippen LogP contribution in [0, 0.1) is 13.8 Å². The largest absolute Gasteiger partial charge is 0.353 e. The maximum atomic E-state index is 13.8. The van der Waals surface area contributed by atoms with Crippen molar-refractivity contribution < 1.29 is 9.59 Å². The Kier molecular flexibility index (Phi) is 7.48. The van der Waals surface area contributed by atoms with Crippen LogP contribution in [0.15, 0.2) is 115 Å². The Bertz CT molecular complexity index is 2010. The van der Waals surface area contributed by atoms with Gasteiger partial charge in [0.1, 0.15) is 11.3 Å². The SMILES string of the molecule is Cc1ccc(C(=O)c2ccccc2Nc2cccc3c2nc(C(C)(C)C)n3-c2ccccc2C(=O)c2ccc(C)cc2)cc1. The van der Waals surface area contributed by atoms with Gasteiger partial charge in [-0.05, 0) is 50.2 Å². The summed E-state index contributed by atoms with van der Waals surface area (Å²) in [5.74, 6) is 0.736. The number of aryl methyl sites for hydroxylation is 2. The molecule has 0 aliphatic rings. The second kappa shape index (κ2) is 11.4. The molecule has 0 bridgehead atoms. The maximum Gasteiger partial charge on any atom is 0.195 e. The molecular formula is C39H35N3O2. The summed E-state index contributed by atoms with van der Waals surface area (Å²) >= 11 is 0. The van der Waals surface area contributed by atoms with E-state index in [0.717, 1.165) is 39.4 Å². The zero-order chi connectivity index (χ0) is 31.0. The molecule has 0 unspecified atom stereocenters. The Morgan fingerprint density at radius 1 is 0.614 bits per heavy atom. The Morgan fingerprint density at radius 2 is 1.14 bits per heavy atom. The number of benzene rings is 5. The predicted molar refractivity (Wildman–Crippen MR) is 179 cm³/mol. The quantitative estimate of drug-likeness (QED) is 0.192. The molecule has 5 heteroatoms. The zero-order valence-electron chi connectivity index (χ0n) is 25.7. The Hall–Kier alpha value is -5.29. The Labute approximate surface area is 258 Å². The van der Waals surface area contributed by atoms with Crippen LogP contribution in [0.4, 0.5) is 11.4 Å². The summed E-state index contributed by atoms with van der Waals surface area (Å²) in [4.78, 5) is 32.6. The number of carbonyl (C=O) groups excluding carboxylic acids is 2. The van der Waals surface area contributed by atoms with Crippen molar-refractivity contribution in [3.05, 3.63) is 154 Å². The first-order chi connectivity index (χ1) is 21.1. The lowest BCUT2D eigenvalue weighted by Crippen LogP contribution is -2.19. The first-order valence-corrected chi connectivity index (χ1v) is 14.8. The fourth-order valence-electron chi connectivity index (χ4n) is 5.46. The van der Waals surface area contributed by atoms with E-state index in [4.69, 9.17) is 4.98 Å². The molecule has 1 aromatic heterocycles. The van der Waals surface area contributed by atoms with E-state index in [-0.39, 0.29) is 17.0 Å². The third-order valence-corrected chi connectivity index (χ3v) is 7.81. The minimum Gasteiger partial charge on any atom is -0.353 e. The lowest BCUT2D eigenvalue weighted by Gasteiger charge is -2.21. The minimum absolute atomic E-state index is 0.0415. The number of hydrogen-bond donors (Lipinski definition) is 1. The Morgan fingerprint density at radius 3 is 1.75 bits per heavy atom. The number of carbonyl (C=O) groups is 2.